The normalized spacial score (nSPS) is 32.5. The molecule has 0 aromatic carbocycles. The van der Waals surface area contributed by atoms with Crippen LogP contribution in [0.25, 0.3) is 0 Å². The van der Waals surface area contributed by atoms with E-state index in [0.29, 0.717) is 0 Å². The summed E-state index contributed by atoms with van der Waals surface area (Å²) < 4.78 is 30.0. The van der Waals surface area contributed by atoms with Crippen molar-refractivity contribution in [1.82, 2.24) is 0 Å². The first-order valence-corrected chi connectivity index (χ1v) is 5.97. The van der Waals surface area contributed by atoms with Gasteiger partial charge in [-0.25, -0.2) is 9.59 Å². The average molecular weight is 276 g/mol. The van der Waals surface area contributed by atoms with E-state index in [4.69, 9.17) is 18.9 Å². The second-order valence-electron chi connectivity index (χ2n) is 4.05. The minimum absolute atomic E-state index is 0.174. The third-order valence-electron chi connectivity index (χ3n) is 2.89. The molecule has 0 amide bonds. The summed E-state index contributed by atoms with van der Waals surface area (Å²) >= 11 is 0. The number of hydrogen-bond donors (Lipinski definition) is 0. The molecule has 4 atom stereocenters. The van der Waals surface area contributed by atoms with Crippen LogP contribution in [-0.4, -0.2) is 63.7 Å². The molecule has 0 bridgehead atoms. The van der Waals surface area contributed by atoms with Gasteiger partial charge in [0.05, 0.1) is 26.9 Å². The average Bonchev–Trinajstić information content (AvgIpc) is 2.94. The summed E-state index contributed by atoms with van der Waals surface area (Å²) in [6.07, 6.45) is -3.61. The standard InChI is InChI=1S/C11H16O8/c1-3-15-11(13)19-7-5-17-8-6(4-16-9(7)8)18-10(12)14-2/h6-9H,3-5H2,1-2H3. The number of rotatable bonds is 3. The number of hydrogen-bond acceptors (Lipinski definition) is 8. The molecule has 0 radical (unpaired) electrons. The van der Waals surface area contributed by atoms with E-state index in [1.165, 1.54) is 7.11 Å². The summed E-state index contributed by atoms with van der Waals surface area (Å²) in [5, 5.41) is 0. The lowest BCUT2D eigenvalue weighted by atomic mass is 10.1. The Morgan fingerprint density at radius 3 is 2.05 bits per heavy atom. The highest BCUT2D eigenvalue weighted by Crippen LogP contribution is 2.30. The highest BCUT2D eigenvalue weighted by atomic mass is 16.8. The van der Waals surface area contributed by atoms with Crippen LogP contribution in [0.15, 0.2) is 0 Å². The molecule has 4 unspecified atom stereocenters. The van der Waals surface area contributed by atoms with Crippen LogP contribution in [0, 0.1) is 0 Å². The Morgan fingerprint density at radius 2 is 1.58 bits per heavy atom. The quantitative estimate of drug-likeness (QED) is 0.687. The smallest absolute Gasteiger partial charge is 0.438 e. The summed E-state index contributed by atoms with van der Waals surface area (Å²) in [6, 6.07) is 0. The summed E-state index contributed by atoms with van der Waals surface area (Å²) in [4.78, 5) is 22.3. The zero-order valence-electron chi connectivity index (χ0n) is 10.7. The lowest BCUT2D eigenvalue weighted by Crippen LogP contribution is -2.36. The predicted molar refractivity (Wildman–Crippen MR) is 58.7 cm³/mol. The van der Waals surface area contributed by atoms with Gasteiger partial charge < -0.3 is 28.4 Å². The van der Waals surface area contributed by atoms with Gasteiger partial charge in [0.15, 0.2) is 12.2 Å². The summed E-state index contributed by atoms with van der Waals surface area (Å²) in [6.45, 7) is 2.26. The van der Waals surface area contributed by atoms with E-state index in [9.17, 15) is 9.59 Å². The molecule has 0 spiro atoms. The minimum Gasteiger partial charge on any atom is -0.438 e. The Balaban J connectivity index is 1.87. The van der Waals surface area contributed by atoms with Crippen LogP contribution in [0.1, 0.15) is 6.92 Å². The Morgan fingerprint density at radius 1 is 1.05 bits per heavy atom. The summed E-state index contributed by atoms with van der Waals surface area (Å²) in [7, 11) is 1.22. The van der Waals surface area contributed by atoms with Crippen LogP contribution in [0.2, 0.25) is 0 Å². The highest BCUT2D eigenvalue weighted by Gasteiger charge is 2.51. The molecule has 2 aliphatic heterocycles. The molecular formula is C11H16O8. The molecule has 2 saturated heterocycles. The Bertz CT molecular complexity index is 344. The topological polar surface area (TPSA) is 89.5 Å². The minimum atomic E-state index is -0.799. The molecular weight excluding hydrogens is 260 g/mol. The van der Waals surface area contributed by atoms with Gasteiger partial charge >= 0.3 is 12.3 Å². The molecule has 8 heteroatoms. The molecule has 0 saturated carbocycles. The number of carbonyl (C=O) groups is 2. The van der Waals surface area contributed by atoms with Crippen molar-refractivity contribution in [3.8, 4) is 0 Å². The molecule has 0 aliphatic carbocycles. The highest BCUT2D eigenvalue weighted by molar-refractivity contribution is 5.60. The van der Waals surface area contributed by atoms with Gasteiger partial charge in [-0.05, 0) is 6.92 Å². The molecule has 0 aromatic heterocycles. The molecule has 0 aromatic rings. The van der Waals surface area contributed by atoms with Gasteiger partial charge in [-0.15, -0.1) is 0 Å². The van der Waals surface area contributed by atoms with Gasteiger partial charge in [0.25, 0.3) is 0 Å². The summed E-state index contributed by atoms with van der Waals surface area (Å²) in [5.41, 5.74) is 0. The van der Waals surface area contributed by atoms with Crippen molar-refractivity contribution in [3.05, 3.63) is 0 Å². The fourth-order valence-corrected chi connectivity index (χ4v) is 2.08. The zero-order chi connectivity index (χ0) is 13.8. The van der Waals surface area contributed by atoms with Crippen molar-refractivity contribution < 1.29 is 38.0 Å². The molecule has 2 fully saturated rings. The first kappa shape index (κ1) is 13.9. The van der Waals surface area contributed by atoms with Gasteiger partial charge in [-0.1, -0.05) is 0 Å². The van der Waals surface area contributed by atoms with Crippen LogP contribution in [0.5, 0.6) is 0 Å². The summed E-state index contributed by atoms with van der Waals surface area (Å²) in [5.74, 6) is 0. The SMILES string of the molecule is CCOC(=O)OC1COC2C(OC(=O)OC)COC12. The van der Waals surface area contributed by atoms with Gasteiger partial charge in [0.1, 0.15) is 12.2 Å². The Labute approximate surface area is 109 Å². The van der Waals surface area contributed by atoms with Crippen molar-refractivity contribution in [3.63, 3.8) is 0 Å². The van der Waals surface area contributed by atoms with Crippen LogP contribution in [0.4, 0.5) is 9.59 Å². The lowest BCUT2D eigenvalue weighted by Gasteiger charge is -2.16. The fourth-order valence-electron chi connectivity index (χ4n) is 2.08. The first-order valence-electron chi connectivity index (χ1n) is 5.97. The molecule has 0 N–H and O–H groups in total. The van der Waals surface area contributed by atoms with E-state index in [1.807, 2.05) is 0 Å². The number of methoxy groups -OCH3 is 1. The van der Waals surface area contributed by atoms with Crippen LogP contribution in [0.3, 0.4) is 0 Å². The van der Waals surface area contributed by atoms with Gasteiger partial charge in [0, 0.05) is 0 Å². The Kier molecular flexibility index (Phi) is 4.43. The number of fused-ring (bicyclic) bond motifs is 1. The second kappa shape index (κ2) is 6.07. The van der Waals surface area contributed by atoms with E-state index in [0.717, 1.165) is 0 Å². The maximum absolute atomic E-state index is 11.2. The first-order chi connectivity index (χ1) is 9.15. The fraction of sp³-hybridized carbons (Fsp3) is 0.818. The second-order valence-corrected chi connectivity index (χ2v) is 4.05. The van der Waals surface area contributed by atoms with Crippen LogP contribution in [-0.2, 0) is 28.4 Å². The van der Waals surface area contributed by atoms with E-state index >= 15 is 0 Å². The predicted octanol–water partition coefficient (Wildman–Crippen LogP) is 0.477. The monoisotopic (exact) mass is 276 g/mol. The molecule has 8 nitrogen and oxygen atoms in total. The van der Waals surface area contributed by atoms with Crippen molar-refractivity contribution in [1.29, 1.82) is 0 Å². The molecule has 2 heterocycles. The third kappa shape index (κ3) is 3.07. The number of ether oxygens (including phenoxy) is 6. The molecule has 108 valence electrons. The van der Waals surface area contributed by atoms with Crippen molar-refractivity contribution in [2.24, 2.45) is 0 Å². The van der Waals surface area contributed by atoms with Crippen molar-refractivity contribution >= 4 is 12.3 Å². The van der Waals surface area contributed by atoms with Crippen molar-refractivity contribution in [2.75, 3.05) is 26.9 Å². The molecule has 19 heavy (non-hydrogen) atoms. The van der Waals surface area contributed by atoms with E-state index < -0.39 is 36.7 Å². The van der Waals surface area contributed by atoms with Crippen LogP contribution < -0.4 is 0 Å². The maximum Gasteiger partial charge on any atom is 0.508 e. The van der Waals surface area contributed by atoms with E-state index in [1.54, 1.807) is 6.92 Å². The van der Waals surface area contributed by atoms with Gasteiger partial charge in [-0.2, -0.15) is 0 Å². The third-order valence-corrected chi connectivity index (χ3v) is 2.89. The lowest BCUT2D eigenvalue weighted by molar-refractivity contribution is -0.0387. The van der Waals surface area contributed by atoms with Crippen molar-refractivity contribution in [2.45, 2.75) is 31.3 Å². The zero-order valence-corrected chi connectivity index (χ0v) is 10.7. The molecule has 2 aliphatic rings. The largest absolute Gasteiger partial charge is 0.508 e. The van der Waals surface area contributed by atoms with E-state index in [2.05, 4.69) is 9.47 Å². The number of carbonyl (C=O) groups excluding carboxylic acids is 2. The maximum atomic E-state index is 11.2. The Hall–Kier alpha value is -1.54. The molecule has 2 rings (SSSR count). The van der Waals surface area contributed by atoms with E-state index in [-0.39, 0.29) is 19.8 Å². The van der Waals surface area contributed by atoms with Gasteiger partial charge in [-0.3, -0.25) is 0 Å². The van der Waals surface area contributed by atoms with Gasteiger partial charge in [0.2, 0.25) is 0 Å². The van der Waals surface area contributed by atoms with Crippen LogP contribution >= 0.6 is 0 Å².